The molecule has 0 bridgehead atoms. The van der Waals surface area contributed by atoms with Crippen LogP contribution in [0, 0.1) is 5.92 Å². The predicted octanol–water partition coefficient (Wildman–Crippen LogP) is 2.32. The monoisotopic (exact) mass is 314 g/mol. The SMILES string of the molecule is CCC(C)C1NC(=O)CN(CCc2ccc(Cl)s2)C1=O. The minimum atomic E-state index is -0.381. The molecule has 2 heterocycles. The van der Waals surface area contributed by atoms with Crippen molar-refractivity contribution in [1.82, 2.24) is 10.2 Å². The molecular formula is C14H19ClN2O2S. The van der Waals surface area contributed by atoms with E-state index in [1.165, 1.54) is 11.3 Å². The van der Waals surface area contributed by atoms with Gasteiger partial charge in [0, 0.05) is 11.4 Å². The van der Waals surface area contributed by atoms with Crippen LogP contribution in [0.2, 0.25) is 4.34 Å². The van der Waals surface area contributed by atoms with Crippen molar-refractivity contribution in [3.63, 3.8) is 0 Å². The van der Waals surface area contributed by atoms with E-state index in [9.17, 15) is 9.59 Å². The van der Waals surface area contributed by atoms with E-state index in [0.29, 0.717) is 6.54 Å². The van der Waals surface area contributed by atoms with E-state index in [1.54, 1.807) is 4.90 Å². The number of carbonyl (C=O) groups excluding carboxylic acids is 2. The fraction of sp³-hybridized carbons (Fsp3) is 0.571. The number of nitrogens with zero attached hydrogens (tertiary/aromatic N) is 1. The fourth-order valence-electron chi connectivity index (χ4n) is 2.27. The van der Waals surface area contributed by atoms with Crippen LogP contribution in [0.1, 0.15) is 25.1 Å². The number of hydrogen-bond acceptors (Lipinski definition) is 3. The topological polar surface area (TPSA) is 49.4 Å². The van der Waals surface area contributed by atoms with Crippen LogP contribution in [-0.4, -0.2) is 35.8 Å². The van der Waals surface area contributed by atoms with Crippen LogP contribution in [0.3, 0.4) is 0 Å². The van der Waals surface area contributed by atoms with Gasteiger partial charge in [-0.2, -0.15) is 0 Å². The molecule has 1 saturated heterocycles. The zero-order valence-corrected chi connectivity index (χ0v) is 13.3. The largest absolute Gasteiger partial charge is 0.342 e. The summed E-state index contributed by atoms with van der Waals surface area (Å²) >= 11 is 7.41. The van der Waals surface area contributed by atoms with Crippen LogP contribution >= 0.6 is 22.9 Å². The van der Waals surface area contributed by atoms with Crippen LogP contribution < -0.4 is 5.32 Å². The number of hydrogen-bond donors (Lipinski definition) is 1. The van der Waals surface area contributed by atoms with E-state index in [1.807, 2.05) is 26.0 Å². The van der Waals surface area contributed by atoms with Crippen molar-refractivity contribution in [3.8, 4) is 0 Å². The first kappa shape index (κ1) is 15.3. The second kappa shape index (κ2) is 6.59. The van der Waals surface area contributed by atoms with E-state index in [-0.39, 0.29) is 30.3 Å². The minimum absolute atomic E-state index is 0.0293. The van der Waals surface area contributed by atoms with Crippen LogP contribution in [0.4, 0.5) is 0 Å². The van der Waals surface area contributed by atoms with Crippen molar-refractivity contribution in [2.75, 3.05) is 13.1 Å². The Morgan fingerprint density at radius 2 is 2.25 bits per heavy atom. The summed E-state index contributed by atoms with van der Waals surface area (Å²) in [4.78, 5) is 26.9. The van der Waals surface area contributed by atoms with Crippen molar-refractivity contribution in [3.05, 3.63) is 21.3 Å². The average molecular weight is 315 g/mol. The molecule has 4 nitrogen and oxygen atoms in total. The van der Waals surface area contributed by atoms with Crippen molar-refractivity contribution in [2.45, 2.75) is 32.7 Å². The van der Waals surface area contributed by atoms with E-state index in [0.717, 1.165) is 22.1 Å². The van der Waals surface area contributed by atoms with Gasteiger partial charge in [0.25, 0.3) is 0 Å². The Bertz CT molecular complexity index is 503. The summed E-state index contributed by atoms with van der Waals surface area (Å²) in [5.41, 5.74) is 0. The van der Waals surface area contributed by atoms with Gasteiger partial charge >= 0.3 is 0 Å². The average Bonchev–Trinajstić information content (AvgIpc) is 2.84. The smallest absolute Gasteiger partial charge is 0.245 e. The number of thiophene rings is 1. The highest BCUT2D eigenvalue weighted by Crippen LogP contribution is 2.22. The molecule has 0 spiro atoms. The van der Waals surface area contributed by atoms with Gasteiger partial charge < -0.3 is 10.2 Å². The summed E-state index contributed by atoms with van der Waals surface area (Å²) in [5.74, 6) is 0.117. The van der Waals surface area contributed by atoms with Crippen LogP contribution in [0.5, 0.6) is 0 Å². The first-order chi connectivity index (χ1) is 9.51. The maximum atomic E-state index is 12.4. The molecule has 0 aliphatic carbocycles. The van der Waals surface area contributed by atoms with Crippen molar-refractivity contribution >= 4 is 34.8 Å². The van der Waals surface area contributed by atoms with Crippen molar-refractivity contribution < 1.29 is 9.59 Å². The predicted molar refractivity (Wildman–Crippen MR) is 81.0 cm³/mol. The summed E-state index contributed by atoms with van der Waals surface area (Å²) in [6, 6.07) is 3.44. The Kier molecular flexibility index (Phi) is 5.05. The molecule has 110 valence electrons. The van der Waals surface area contributed by atoms with E-state index < -0.39 is 0 Å². The summed E-state index contributed by atoms with van der Waals surface area (Å²) in [6.07, 6.45) is 1.61. The highest BCUT2D eigenvalue weighted by Gasteiger charge is 2.35. The first-order valence-corrected chi connectivity index (χ1v) is 8.03. The molecule has 2 amide bonds. The zero-order chi connectivity index (χ0) is 14.7. The third kappa shape index (κ3) is 3.52. The van der Waals surface area contributed by atoms with E-state index >= 15 is 0 Å². The molecule has 1 aromatic rings. The van der Waals surface area contributed by atoms with Gasteiger partial charge in [-0.1, -0.05) is 31.9 Å². The Labute approximate surface area is 128 Å². The highest BCUT2D eigenvalue weighted by molar-refractivity contribution is 7.16. The molecule has 2 atom stereocenters. The standard InChI is InChI=1S/C14H19ClN2O2S/c1-3-9(2)13-14(19)17(8-12(18)16-13)7-6-10-4-5-11(15)20-10/h4-5,9,13H,3,6-8H2,1-2H3,(H,16,18). The molecule has 2 rings (SSSR count). The second-order valence-electron chi connectivity index (χ2n) is 5.15. The third-order valence-electron chi connectivity index (χ3n) is 3.70. The molecule has 20 heavy (non-hydrogen) atoms. The van der Waals surface area contributed by atoms with Crippen LogP contribution in [-0.2, 0) is 16.0 Å². The Balaban J connectivity index is 1.99. The lowest BCUT2D eigenvalue weighted by atomic mass is 9.96. The molecule has 1 aliphatic heterocycles. The molecule has 0 saturated carbocycles. The molecule has 0 aromatic carbocycles. The Morgan fingerprint density at radius 3 is 2.85 bits per heavy atom. The lowest BCUT2D eigenvalue weighted by molar-refractivity contribution is -0.145. The molecule has 1 aliphatic rings. The Hall–Kier alpha value is -1.07. The van der Waals surface area contributed by atoms with Gasteiger partial charge in [-0.15, -0.1) is 11.3 Å². The molecule has 2 unspecified atom stereocenters. The first-order valence-electron chi connectivity index (χ1n) is 6.83. The van der Waals surface area contributed by atoms with Crippen molar-refractivity contribution in [2.24, 2.45) is 5.92 Å². The van der Waals surface area contributed by atoms with Gasteiger partial charge in [0.2, 0.25) is 11.8 Å². The summed E-state index contributed by atoms with van der Waals surface area (Å²) in [6.45, 7) is 4.74. The molecule has 0 radical (unpaired) electrons. The summed E-state index contributed by atoms with van der Waals surface area (Å²) in [5, 5.41) is 2.80. The van der Waals surface area contributed by atoms with E-state index in [2.05, 4.69) is 5.32 Å². The van der Waals surface area contributed by atoms with Gasteiger partial charge in [0.05, 0.1) is 10.9 Å². The van der Waals surface area contributed by atoms with Gasteiger partial charge in [0.1, 0.15) is 6.04 Å². The summed E-state index contributed by atoms with van der Waals surface area (Å²) in [7, 11) is 0. The Morgan fingerprint density at radius 1 is 1.50 bits per heavy atom. The lowest BCUT2D eigenvalue weighted by Crippen LogP contribution is -2.60. The lowest BCUT2D eigenvalue weighted by Gasteiger charge is -2.35. The second-order valence-corrected chi connectivity index (χ2v) is 6.95. The normalized spacial score (nSPS) is 20.9. The van der Waals surface area contributed by atoms with Gasteiger partial charge in [-0.05, 0) is 24.5 Å². The number of carbonyl (C=O) groups is 2. The number of amides is 2. The summed E-state index contributed by atoms with van der Waals surface area (Å²) < 4.78 is 0.750. The van der Waals surface area contributed by atoms with Crippen molar-refractivity contribution in [1.29, 1.82) is 0 Å². The van der Waals surface area contributed by atoms with E-state index in [4.69, 9.17) is 11.6 Å². The van der Waals surface area contributed by atoms with Crippen LogP contribution in [0.25, 0.3) is 0 Å². The number of rotatable bonds is 5. The van der Waals surface area contributed by atoms with Gasteiger partial charge in [0.15, 0.2) is 0 Å². The molecule has 1 aromatic heterocycles. The zero-order valence-electron chi connectivity index (χ0n) is 11.7. The maximum Gasteiger partial charge on any atom is 0.245 e. The van der Waals surface area contributed by atoms with Gasteiger partial charge in [-0.3, -0.25) is 9.59 Å². The molecule has 6 heteroatoms. The highest BCUT2D eigenvalue weighted by atomic mass is 35.5. The molecule has 1 fully saturated rings. The van der Waals surface area contributed by atoms with Crippen LogP contribution in [0.15, 0.2) is 12.1 Å². The number of halogens is 1. The molecular weight excluding hydrogens is 296 g/mol. The fourth-order valence-corrected chi connectivity index (χ4v) is 3.35. The third-order valence-corrected chi connectivity index (χ3v) is 4.99. The minimum Gasteiger partial charge on any atom is -0.342 e. The molecule has 1 N–H and O–H groups in total. The quantitative estimate of drug-likeness (QED) is 0.906. The number of piperazine rings is 1. The maximum absolute atomic E-state index is 12.4. The van der Waals surface area contributed by atoms with Gasteiger partial charge in [-0.25, -0.2) is 0 Å². The number of nitrogens with one attached hydrogen (secondary N) is 1.